The Morgan fingerprint density at radius 3 is 2.56 bits per heavy atom. The van der Waals surface area contributed by atoms with Crippen LogP contribution in [0.1, 0.15) is 51.3 Å². The fourth-order valence-corrected chi connectivity index (χ4v) is 2.65. The number of H-pyrrole nitrogens is 1. The molecule has 1 fully saturated rings. The number of nitrogens with zero attached hydrogens (tertiary/aromatic N) is 1. The lowest BCUT2D eigenvalue weighted by atomic mass is 9.77. The van der Waals surface area contributed by atoms with Gasteiger partial charge < -0.3 is 4.98 Å². The molecule has 0 bridgehead atoms. The highest BCUT2D eigenvalue weighted by molar-refractivity contribution is 4.99. The Labute approximate surface area is 96.3 Å². The molecular weight excluding hydrogens is 200 g/mol. The summed E-state index contributed by atoms with van der Waals surface area (Å²) in [5, 5.41) is 0. The minimum absolute atomic E-state index is 0.0315. The smallest absolute Gasteiger partial charge is 0.250 e. The molecule has 0 radical (unpaired) electrons. The lowest BCUT2D eigenvalue weighted by Gasteiger charge is -2.30. The lowest BCUT2D eigenvalue weighted by Crippen LogP contribution is -2.20. The summed E-state index contributed by atoms with van der Waals surface area (Å²) in [4.78, 5) is 18.3. The summed E-state index contributed by atoms with van der Waals surface area (Å²) in [7, 11) is 0. The summed E-state index contributed by atoms with van der Waals surface area (Å²) in [6, 6.07) is 1.48. The van der Waals surface area contributed by atoms with Crippen LogP contribution in [-0.2, 0) is 0 Å². The number of nitrogens with one attached hydrogen (secondary N) is 1. The van der Waals surface area contributed by atoms with Crippen LogP contribution in [0, 0.1) is 11.8 Å². The average molecular weight is 220 g/mol. The summed E-state index contributed by atoms with van der Waals surface area (Å²) in [6.45, 7) is 4.60. The topological polar surface area (TPSA) is 45.8 Å². The van der Waals surface area contributed by atoms with E-state index in [1.807, 2.05) is 0 Å². The monoisotopic (exact) mass is 220 g/mol. The van der Waals surface area contributed by atoms with E-state index >= 15 is 0 Å². The van der Waals surface area contributed by atoms with E-state index in [9.17, 15) is 4.79 Å². The number of hydrogen-bond acceptors (Lipinski definition) is 2. The zero-order chi connectivity index (χ0) is 11.5. The Kier molecular flexibility index (Phi) is 3.42. The van der Waals surface area contributed by atoms with E-state index < -0.39 is 0 Å². The molecule has 0 atom stereocenters. The molecule has 0 spiro atoms. The maximum Gasteiger partial charge on any atom is 0.250 e. The van der Waals surface area contributed by atoms with Gasteiger partial charge in [0.25, 0.3) is 5.56 Å². The van der Waals surface area contributed by atoms with Crippen molar-refractivity contribution in [3.63, 3.8) is 0 Å². The van der Waals surface area contributed by atoms with Gasteiger partial charge in [-0.25, -0.2) is 4.98 Å². The van der Waals surface area contributed by atoms with E-state index in [-0.39, 0.29) is 5.56 Å². The van der Waals surface area contributed by atoms with E-state index in [2.05, 4.69) is 23.8 Å². The Balaban J connectivity index is 2.02. The second kappa shape index (κ2) is 4.81. The van der Waals surface area contributed by atoms with Crippen LogP contribution in [0.5, 0.6) is 0 Å². The Hall–Kier alpha value is -1.12. The van der Waals surface area contributed by atoms with Crippen LogP contribution >= 0.6 is 0 Å². The third-order valence-electron chi connectivity index (χ3n) is 3.79. The Morgan fingerprint density at radius 2 is 2.00 bits per heavy atom. The molecule has 0 aromatic carbocycles. The molecule has 1 aromatic rings. The zero-order valence-electron chi connectivity index (χ0n) is 10.1. The van der Waals surface area contributed by atoms with Crippen molar-refractivity contribution in [3.8, 4) is 0 Å². The van der Waals surface area contributed by atoms with E-state index in [0.29, 0.717) is 5.92 Å². The summed E-state index contributed by atoms with van der Waals surface area (Å²) < 4.78 is 0. The SMILES string of the molecule is CC(C)C1CCC(c2nccc(=O)[nH]2)CC1. The van der Waals surface area contributed by atoms with Gasteiger partial charge in [-0.1, -0.05) is 13.8 Å². The first-order valence-electron chi connectivity index (χ1n) is 6.22. The van der Waals surface area contributed by atoms with Crippen molar-refractivity contribution in [2.24, 2.45) is 11.8 Å². The first kappa shape index (κ1) is 11.4. The third-order valence-corrected chi connectivity index (χ3v) is 3.79. The van der Waals surface area contributed by atoms with Crippen LogP contribution in [-0.4, -0.2) is 9.97 Å². The van der Waals surface area contributed by atoms with Crippen molar-refractivity contribution < 1.29 is 0 Å². The molecule has 1 saturated carbocycles. The minimum atomic E-state index is -0.0315. The molecule has 0 aliphatic heterocycles. The highest BCUT2D eigenvalue weighted by Gasteiger charge is 2.25. The summed E-state index contributed by atoms with van der Waals surface area (Å²) >= 11 is 0. The number of aromatic nitrogens is 2. The van der Waals surface area contributed by atoms with Crippen molar-refractivity contribution in [1.82, 2.24) is 9.97 Å². The van der Waals surface area contributed by atoms with Crippen molar-refractivity contribution in [3.05, 3.63) is 28.4 Å². The van der Waals surface area contributed by atoms with Crippen LogP contribution in [0.4, 0.5) is 0 Å². The van der Waals surface area contributed by atoms with Gasteiger partial charge in [0.05, 0.1) is 0 Å². The van der Waals surface area contributed by atoms with E-state index in [1.165, 1.54) is 18.9 Å². The maximum atomic E-state index is 11.2. The molecule has 3 heteroatoms. The Bertz CT molecular complexity index is 389. The highest BCUT2D eigenvalue weighted by atomic mass is 16.1. The number of hydrogen-bond donors (Lipinski definition) is 1. The predicted molar refractivity (Wildman–Crippen MR) is 64.4 cm³/mol. The van der Waals surface area contributed by atoms with Gasteiger partial charge in [-0.05, 0) is 37.5 Å². The summed E-state index contributed by atoms with van der Waals surface area (Å²) in [5.74, 6) is 2.98. The van der Waals surface area contributed by atoms with Crippen molar-refractivity contribution in [1.29, 1.82) is 0 Å². The first-order chi connectivity index (χ1) is 7.66. The standard InChI is InChI=1S/C13H20N2O/c1-9(2)10-3-5-11(6-4-10)13-14-8-7-12(16)15-13/h7-11H,3-6H2,1-2H3,(H,14,15,16). The minimum Gasteiger partial charge on any atom is -0.310 e. The van der Waals surface area contributed by atoms with Crippen LogP contribution in [0.15, 0.2) is 17.1 Å². The number of aromatic amines is 1. The van der Waals surface area contributed by atoms with Gasteiger partial charge in [0.2, 0.25) is 0 Å². The molecule has 16 heavy (non-hydrogen) atoms. The molecule has 1 aliphatic rings. The van der Waals surface area contributed by atoms with Gasteiger partial charge in [-0.2, -0.15) is 0 Å². The Morgan fingerprint density at radius 1 is 1.31 bits per heavy atom. The lowest BCUT2D eigenvalue weighted by molar-refractivity contribution is 0.254. The van der Waals surface area contributed by atoms with Gasteiger partial charge in [-0.15, -0.1) is 0 Å². The molecule has 1 aromatic heterocycles. The van der Waals surface area contributed by atoms with E-state index in [4.69, 9.17) is 0 Å². The van der Waals surface area contributed by atoms with Crippen LogP contribution in [0.3, 0.4) is 0 Å². The number of rotatable bonds is 2. The van der Waals surface area contributed by atoms with Crippen LogP contribution < -0.4 is 5.56 Å². The molecule has 0 unspecified atom stereocenters. The molecular formula is C13H20N2O. The second-order valence-electron chi connectivity index (χ2n) is 5.18. The van der Waals surface area contributed by atoms with E-state index in [1.54, 1.807) is 6.20 Å². The highest BCUT2D eigenvalue weighted by Crippen LogP contribution is 2.36. The van der Waals surface area contributed by atoms with Crippen molar-refractivity contribution in [2.45, 2.75) is 45.4 Å². The van der Waals surface area contributed by atoms with Gasteiger partial charge in [0, 0.05) is 18.2 Å². The van der Waals surface area contributed by atoms with E-state index in [0.717, 1.165) is 30.5 Å². The molecule has 1 heterocycles. The van der Waals surface area contributed by atoms with Gasteiger partial charge in [0.1, 0.15) is 5.82 Å². The van der Waals surface area contributed by atoms with Gasteiger partial charge >= 0.3 is 0 Å². The quantitative estimate of drug-likeness (QED) is 0.833. The molecule has 1 N–H and O–H groups in total. The molecule has 3 nitrogen and oxygen atoms in total. The van der Waals surface area contributed by atoms with Crippen LogP contribution in [0.2, 0.25) is 0 Å². The maximum absolute atomic E-state index is 11.2. The van der Waals surface area contributed by atoms with Gasteiger partial charge in [0.15, 0.2) is 0 Å². The molecule has 1 aliphatic carbocycles. The normalized spacial score (nSPS) is 25.9. The fourth-order valence-electron chi connectivity index (χ4n) is 2.65. The average Bonchev–Trinajstić information content (AvgIpc) is 2.29. The zero-order valence-corrected chi connectivity index (χ0v) is 10.1. The molecule has 2 rings (SSSR count). The van der Waals surface area contributed by atoms with Crippen molar-refractivity contribution >= 4 is 0 Å². The molecule has 88 valence electrons. The first-order valence-corrected chi connectivity index (χ1v) is 6.22. The molecule has 0 saturated heterocycles. The van der Waals surface area contributed by atoms with Crippen molar-refractivity contribution in [2.75, 3.05) is 0 Å². The largest absolute Gasteiger partial charge is 0.310 e. The summed E-state index contributed by atoms with van der Waals surface area (Å²) in [6.07, 6.45) is 6.47. The fraction of sp³-hybridized carbons (Fsp3) is 0.692. The third kappa shape index (κ3) is 2.52. The second-order valence-corrected chi connectivity index (χ2v) is 5.18. The summed E-state index contributed by atoms with van der Waals surface area (Å²) in [5.41, 5.74) is -0.0315. The van der Waals surface area contributed by atoms with Crippen LogP contribution in [0.25, 0.3) is 0 Å². The molecule has 0 amide bonds. The van der Waals surface area contributed by atoms with Gasteiger partial charge in [-0.3, -0.25) is 4.79 Å². The predicted octanol–water partition coefficient (Wildman–Crippen LogP) is 2.70.